The van der Waals surface area contributed by atoms with Gasteiger partial charge in [0.1, 0.15) is 17.3 Å². The van der Waals surface area contributed by atoms with Gasteiger partial charge < -0.3 is 5.73 Å². The number of H-pyrrole nitrogens is 1. The number of anilines is 1. The largest absolute Gasteiger partial charge is 0.384 e. The zero-order chi connectivity index (χ0) is 25.7. The highest BCUT2D eigenvalue weighted by molar-refractivity contribution is 7.85. The molecule has 0 spiro atoms. The number of nitrogens with zero attached hydrogens (tertiary/aromatic N) is 4. The maximum atomic E-state index is 13.3. The molecule has 0 saturated carbocycles. The summed E-state index contributed by atoms with van der Waals surface area (Å²) in [5.74, 6) is 0.494. The SMILES string of the molecule is Nc1cc(-c2cn(-c3ccc(=O)[nH]n3)nc2-c2ccc(F)cc2)ccn1.O=S(=O)(O)c1ccccc1. The van der Waals surface area contributed by atoms with Crippen LogP contribution < -0.4 is 11.3 Å². The van der Waals surface area contributed by atoms with E-state index in [1.165, 1.54) is 30.3 Å². The van der Waals surface area contributed by atoms with E-state index >= 15 is 0 Å². The van der Waals surface area contributed by atoms with Crippen LogP contribution in [-0.4, -0.2) is 37.9 Å². The van der Waals surface area contributed by atoms with Crippen LogP contribution >= 0.6 is 0 Å². The molecular weight excluding hydrogens is 487 g/mol. The van der Waals surface area contributed by atoms with Gasteiger partial charge in [-0.3, -0.25) is 9.35 Å². The van der Waals surface area contributed by atoms with Crippen LogP contribution in [0.5, 0.6) is 0 Å². The number of nitrogens with two attached hydrogens (primary N) is 1. The summed E-state index contributed by atoms with van der Waals surface area (Å²) in [5.41, 5.74) is 8.45. The highest BCUT2D eigenvalue weighted by Gasteiger charge is 2.15. The maximum absolute atomic E-state index is 13.3. The van der Waals surface area contributed by atoms with Crippen LogP contribution in [0, 0.1) is 5.82 Å². The Balaban J connectivity index is 0.000000256. The average Bonchev–Trinajstić information content (AvgIpc) is 3.31. The molecule has 3 heterocycles. The second kappa shape index (κ2) is 10.3. The quantitative estimate of drug-likeness (QED) is 0.313. The molecule has 5 aromatic rings. The molecule has 5 rings (SSSR count). The number of aromatic amines is 1. The summed E-state index contributed by atoms with van der Waals surface area (Å²) in [6.45, 7) is 0. The molecule has 0 amide bonds. The number of rotatable bonds is 4. The molecule has 10 nitrogen and oxygen atoms in total. The molecule has 0 unspecified atom stereocenters. The first-order valence-electron chi connectivity index (χ1n) is 10.4. The zero-order valence-corrected chi connectivity index (χ0v) is 19.3. The van der Waals surface area contributed by atoms with E-state index in [9.17, 15) is 17.6 Å². The smallest absolute Gasteiger partial charge is 0.294 e. The van der Waals surface area contributed by atoms with Crippen molar-refractivity contribution >= 4 is 15.9 Å². The van der Waals surface area contributed by atoms with Crippen LogP contribution in [0.15, 0.2) is 101 Å². The van der Waals surface area contributed by atoms with Crippen LogP contribution in [0.25, 0.3) is 28.2 Å². The van der Waals surface area contributed by atoms with E-state index in [1.54, 1.807) is 59.5 Å². The van der Waals surface area contributed by atoms with E-state index in [0.29, 0.717) is 17.3 Å². The highest BCUT2D eigenvalue weighted by Crippen LogP contribution is 2.32. The van der Waals surface area contributed by atoms with Crippen molar-refractivity contribution in [1.82, 2.24) is 25.0 Å². The fraction of sp³-hybridized carbons (Fsp3) is 0. The molecule has 0 saturated heterocycles. The number of pyridine rings is 1. The molecule has 0 aliphatic heterocycles. The van der Waals surface area contributed by atoms with Crippen molar-refractivity contribution in [3.05, 3.63) is 107 Å². The number of nitrogens with one attached hydrogen (secondary N) is 1. The number of nitrogen functional groups attached to an aromatic ring is 1. The standard InChI is InChI=1S/C18H13FN6O.C6H6O3S/c19-13-3-1-11(2-4-13)18-14(12-7-8-21-15(20)9-12)10-25(24-18)16-5-6-17(26)23-22-16;7-10(8,9)6-4-2-1-3-5-6/h1-10H,(H2,20,21)(H,23,26);1-5H,(H,7,8,9). The van der Waals surface area contributed by atoms with Crippen molar-refractivity contribution in [2.45, 2.75) is 4.90 Å². The summed E-state index contributed by atoms with van der Waals surface area (Å²) in [7, 11) is -4.00. The first-order chi connectivity index (χ1) is 17.2. The molecule has 0 atom stereocenters. The molecule has 0 fully saturated rings. The zero-order valence-electron chi connectivity index (χ0n) is 18.5. The number of aromatic nitrogens is 5. The monoisotopic (exact) mass is 506 g/mol. The van der Waals surface area contributed by atoms with Crippen LogP contribution in [0.1, 0.15) is 0 Å². The van der Waals surface area contributed by atoms with Gasteiger partial charge >= 0.3 is 0 Å². The summed E-state index contributed by atoms with van der Waals surface area (Å²) in [6.07, 6.45) is 3.38. The Hall–Kier alpha value is -4.68. The van der Waals surface area contributed by atoms with Crippen molar-refractivity contribution in [3.8, 4) is 28.2 Å². The summed E-state index contributed by atoms with van der Waals surface area (Å²) in [4.78, 5) is 15.2. The minimum absolute atomic E-state index is 0.0741. The number of halogens is 1. The molecule has 0 aliphatic carbocycles. The Labute approximate surface area is 204 Å². The second-order valence-corrected chi connectivity index (χ2v) is 8.80. The van der Waals surface area contributed by atoms with Gasteiger partial charge in [0.2, 0.25) is 0 Å². The van der Waals surface area contributed by atoms with Crippen LogP contribution in [0.4, 0.5) is 10.2 Å². The lowest BCUT2D eigenvalue weighted by Crippen LogP contribution is -2.09. The topological polar surface area (TPSA) is 157 Å². The van der Waals surface area contributed by atoms with E-state index in [1.807, 2.05) is 6.07 Å². The third-order valence-electron chi connectivity index (χ3n) is 4.86. The van der Waals surface area contributed by atoms with Gasteiger partial charge in [-0.05, 0) is 60.2 Å². The van der Waals surface area contributed by atoms with Gasteiger partial charge in [0.25, 0.3) is 15.7 Å². The fourth-order valence-electron chi connectivity index (χ4n) is 3.20. The summed E-state index contributed by atoms with van der Waals surface area (Å²) >= 11 is 0. The molecule has 2 aromatic carbocycles. The molecular formula is C24H19FN6O4S. The van der Waals surface area contributed by atoms with Gasteiger partial charge in [0.05, 0.1) is 4.90 Å². The van der Waals surface area contributed by atoms with Crippen molar-refractivity contribution in [2.24, 2.45) is 0 Å². The molecule has 4 N–H and O–H groups in total. The molecule has 12 heteroatoms. The number of hydrogen-bond donors (Lipinski definition) is 3. The maximum Gasteiger partial charge on any atom is 0.294 e. The third kappa shape index (κ3) is 5.87. The lowest BCUT2D eigenvalue weighted by Gasteiger charge is -2.03. The Morgan fingerprint density at radius 3 is 2.25 bits per heavy atom. The molecule has 0 bridgehead atoms. The average molecular weight is 507 g/mol. The normalized spacial score (nSPS) is 10.9. The summed E-state index contributed by atoms with van der Waals surface area (Å²) < 4.78 is 44.1. The van der Waals surface area contributed by atoms with Crippen molar-refractivity contribution in [1.29, 1.82) is 0 Å². The third-order valence-corrected chi connectivity index (χ3v) is 5.73. The van der Waals surface area contributed by atoms with Crippen LogP contribution in [-0.2, 0) is 10.1 Å². The van der Waals surface area contributed by atoms with E-state index in [0.717, 1.165) is 16.7 Å². The molecule has 36 heavy (non-hydrogen) atoms. The van der Waals surface area contributed by atoms with E-state index in [4.69, 9.17) is 10.3 Å². The Morgan fingerprint density at radius 1 is 0.944 bits per heavy atom. The van der Waals surface area contributed by atoms with Crippen LogP contribution in [0.2, 0.25) is 0 Å². The predicted molar refractivity (Wildman–Crippen MR) is 131 cm³/mol. The van der Waals surface area contributed by atoms with Gasteiger partial charge in [0, 0.05) is 29.6 Å². The first-order valence-corrected chi connectivity index (χ1v) is 11.8. The predicted octanol–water partition coefficient (Wildman–Crippen LogP) is 3.34. The molecule has 182 valence electrons. The highest BCUT2D eigenvalue weighted by atomic mass is 32.2. The fourth-order valence-corrected chi connectivity index (χ4v) is 3.70. The van der Waals surface area contributed by atoms with Crippen molar-refractivity contribution in [3.63, 3.8) is 0 Å². The van der Waals surface area contributed by atoms with Crippen molar-refractivity contribution in [2.75, 3.05) is 5.73 Å². The minimum Gasteiger partial charge on any atom is -0.384 e. The first kappa shape index (κ1) is 24.4. The lowest BCUT2D eigenvalue weighted by atomic mass is 10.0. The molecule has 3 aromatic heterocycles. The molecule has 0 aliphatic rings. The van der Waals surface area contributed by atoms with Crippen LogP contribution in [0.3, 0.4) is 0 Å². The van der Waals surface area contributed by atoms with Gasteiger partial charge in [-0.15, -0.1) is 0 Å². The Kier molecular flexibility index (Phi) is 6.99. The van der Waals surface area contributed by atoms with Crippen molar-refractivity contribution < 1.29 is 17.4 Å². The summed E-state index contributed by atoms with van der Waals surface area (Å²) in [6, 6.07) is 19.9. The Morgan fingerprint density at radius 2 is 1.67 bits per heavy atom. The minimum atomic E-state index is -4.00. The number of benzene rings is 2. The van der Waals surface area contributed by atoms with Gasteiger partial charge in [0.15, 0.2) is 5.82 Å². The number of hydrogen-bond acceptors (Lipinski definition) is 7. The Bertz CT molecular complexity index is 1630. The van der Waals surface area contributed by atoms with E-state index in [-0.39, 0.29) is 16.3 Å². The second-order valence-electron chi connectivity index (χ2n) is 7.38. The van der Waals surface area contributed by atoms with Gasteiger partial charge in [-0.1, -0.05) is 18.2 Å². The van der Waals surface area contributed by atoms with E-state index < -0.39 is 10.1 Å². The lowest BCUT2D eigenvalue weighted by molar-refractivity contribution is 0.483. The van der Waals surface area contributed by atoms with Gasteiger partial charge in [-0.25, -0.2) is 19.2 Å². The van der Waals surface area contributed by atoms with Gasteiger partial charge in [-0.2, -0.15) is 18.6 Å². The summed E-state index contributed by atoms with van der Waals surface area (Å²) in [5, 5.41) is 10.9. The van der Waals surface area contributed by atoms with E-state index in [2.05, 4.69) is 20.3 Å². The molecule has 0 radical (unpaired) electrons.